The fourth-order valence-electron chi connectivity index (χ4n) is 3.42. The molecule has 2 aromatic heterocycles. The number of thioether (sulfide) groups is 1. The van der Waals surface area contributed by atoms with Gasteiger partial charge in [0.15, 0.2) is 4.34 Å². The molecule has 0 radical (unpaired) electrons. The number of rotatable bonds is 7. The van der Waals surface area contributed by atoms with Gasteiger partial charge >= 0.3 is 0 Å². The predicted molar refractivity (Wildman–Crippen MR) is 118 cm³/mol. The fourth-order valence-corrected chi connectivity index (χ4v) is 5.05. The Morgan fingerprint density at radius 1 is 1.23 bits per heavy atom. The molecule has 1 fully saturated rings. The van der Waals surface area contributed by atoms with E-state index in [9.17, 15) is 9.18 Å². The second kappa shape index (κ2) is 9.57. The molecule has 1 aromatic carbocycles. The number of carbonyl (C=O) groups is 1. The molecule has 2 heterocycles. The Bertz CT molecular complexity index is 997. The summed E-state index contributed by atoms with van der Waals surface area (Å²) < 4.78 is 15.5. The van der Waals surface area contributed by atoms with Crippen LogP contribution in [0.25, 0.3) is 5.69 Å². The van der Waals surface area contributed by atoms with E-state index in [1.54, 1.807) is 22.9 Å². The molecule has 4 rings (SSSR count). The predicted octanol–water partition coefficient (Wildman–Crippen LogP) is 4.65. The van der Waals surface area contributed by atoms with Crippen LogP contribution < -0.4 is 10.6 Å². The average molecular weight is 447 g/mol. The van der Waals surface area contributed by atoms with Crippen molar-refractivity contribution in [3.05, 3.63) is 41.8 Å². The van der Waals surface area contributed by atoms with Crippen LogP contribution in [-0.2, 0) is 4.79 Å². The van der Waals surface area contributed by atoms with Gasteiger partial charge in [0.1, 0.15) is 11.6 Å². The Kier molecular flexibility index (Phi) is 6.63. The van der Waals surface area contributed by atoms with Gasteiger partial charge in [-0.3, -0.25) is 4.79 Å². The molecule has 0 atom stereocenters. The van der Waals surface area contributed by atoms with Crippen LogP contribution in [0.4, 0.5) is 15.3 Å². The van der Waals surface area contributed by atoms with E-state index in [1.807, 2.05) is 6.92 Å². The van der Waals surface area contributed by atoms with Crippen LogP contribution in [0.15, 0.2) is 34.7 Å². The zero-order valence-corrected chi connectivity index (χ0v) is 18.2. The molecule has 2 N–H and O–H groups in total. The fraction of sp³-hybridized carbons (Fsp3) is 0.400. The van der Waals surface area contributed by atoms with Crippen molar-refractivity contribution in [1.82, 2.24) is 20.0 Å². The molecule has 1 amide bonds. The third kappa shape index (κ3) is 5.37. The number of carbonyl (C=O) groups excluding carboxylic acids is 1. The molecule has 1 aliphatic rings. The van der Waals surface area contributed by atoms with Gasteiger partial charge in [-0.2, -0.15) is 5.10 Å². The lowest BCUT2D eigenvalue weighted by atomic mass is 9.96. The van der Waals surface area contributed by atoms with Gasteiger partial charge in [-0.25, -0.2) is 9.07 Å². The molecular formula is C20H23FN6OS2. The number of aromatic nitrogens is 4. The van der Waals surface area contributed by atoms with E-state index in [-0.39, 0.29) is 17.5 Å². The summed E-state index contributed by atoms with van der Waals surface area (Å²) in [5.41, 5.74) is 1.43. The van der Waals surface area contributed by atoms with Crippen LogP contribution in [0.2, 0.25) is 0 Å². The summed E-state index contributed by atoms with van der Waals surface area (Å²) in [4.78, 5) is 12.5. The average Bonchev–Trinajstić information content (AvgIpc) is 3.34. The van der Waals surface area contributed by atoms with Gasteiger partial charge in [-0.15, -0.1) is 10.2 Å². The number of hydrogen-bond donors (Lipinski definition) is 2. The van der Waals surface area contributed by atoms with Gasteiger partial charge < -0.3 is 10.6 Å². The van der Waals surface area contributed by atoms with E-state index in [1.165, 1.54) is 67.3 Å². The van der Waals surface area contributed by atoms with Crippen LogP contribution in [-0.4, -0.2) is 37.7 Å². The lowest BCUT2D eigenvalue weighted by Crippen LogP contribution is -2.21. The maximum absolute atomic E-state index is 13.2. The summed E-state index contributed by atoms with van der Waals surface area (Å²) in [5.74, 6) is 0.270. The van der Waals surface area contributed by atoms with Gasteiger partial charge in [-0.05, 0) is 44.0 Å². The van der Waals surface area contributed by atoms with Crippen LogP contribution in [0.3, 0.4) is 0 Å². The summed E-state index contributed by atoms with van der Waals surface area (Å²) in [6.45, 7) is 1.84. The quantitative estimate of drug-likeness (QED) is 0.514. The van der Waals surface area contributed by atoms with E-state index >= 15 is 0 Å². The van der Waals surface area contributed by atoms with E-state index in [2.05, 4.69) is 25.9 Å². The number of halogens is 1. The molecule has 1 aliphatic carbocycles. The first-order chi connectivity index (χ1) is 14.6. The Labute approximate surface area is 182 Å². The summed E-state index contributed by atoms with van der Waals surface area (Å²) >= 11 is 2.83. The van der Waals surface area contributed by atoms with Crippen LogP contribution in [0, 0.1) is 12.7 Å². The lowest BCUT2D eigenvalue weighted by molar-refractivity contribution is -0.113. The van der Waals surface area contributed by atoms with E-state index in [4.69, 9.17) is 0 Å². The van der Waals surface area contributed by atoms with Gasteiger partial charge in [-0.1, -0.05) is 42.4 Å². The van der Waals surface area contributed by atoms with E-state index < -0.39 is 0 Å². The third-order valence-electron chi connectivity index (χ3n) is 4.84. The molecule has 1 saturated carbocycles. The van der Waals surface area contributed by atoms with Gasteiger partial charge in [0.2, 0.25) is 11.0 Å². The smallest absolute Gasteiger partial charge is 0.235 e. The third-order valence-corrected chi connectivity index (χ3v) is 6.82. The maximum atomic E-state index is 13.2. The summed E-state index contributed by atoms with van der Waals surface area (Å²) in [7, 11) is 0. The number of hydrogen-bond acceptors (Lipinski definition) is 7. The number of benzene rings is 1. The SMILES string of the molecule is Cc1cc(NC(=O)CSc2nnc(NC3CCCCC3)s2)n(-c2ccc(F)cc2)n1. The highest BCUT2D eigenvalue weighted by Gasteiger charge is 2.16. The van der Waals surface area contributed by atoms with Crippen molar-refractivity contribution >= 4 is 40.0 Å². The monoisotopic (exact) mass is 446 g/mol. The number of amides is 1. The second-order valence-corrected chi connectivity index (χ2v) is 9.45. The van der Waals surface area contributed by atoms with Crippen molar-refractivity contribution in [2.75, 3.05) is 16.4 Å². The summed E-state index contributed by atoms with van der Waals surface area (Å²) in [6, 6.07) is 8.22. The zero-order valence-electron chi connectivity index (χ0n) is 16.6. The van der Waals surface area contributed by atoms with E-state index in [0.29, 0.717) is 17.5 Å². The highest BCUT2D eigenvalue weighted by Crippen LogP contribution is 2.28. The molecule has 10 heteroatoms. The lowest BCUT2D eigenvalue weighted by Gasteiger charge is -2.21. The van der Waals surface area contributed by atoms with Crippen molar-refractivity contribution in [1.29, 1.82) is 0 Å². The van der Waals surface area contributed by atoms with Gasteiger partial charge in [0.05, 0.1) is 17.1 Å². The van der Waals surface area contributed by atoms with Gasteiger partial charge in [0, 0.05) is 12.1 Å². The van der Waals surface area contributed by atoms with Crippen molar-refractivity contribution < 1.29 is 9.18 Å². The molecule has 0 unspecified atom stereocenters. The molecule has 0 bridgehead atoms. The van der Waals surface area contributed by atoms with Crippen LogP contribution in [0.1, 0.15) is 37.8 Å². The largest absolute Gasteiger partial charge is 0.357 e. The number of nitrogens with one attached hydrogen (secondary N) is 2. The molecule has 3 aromatic rings. The Morgan fingerprint density at radius 3 is 2.77 bits per heavy atom. The van der Waals surface area contributed by atoms with E-state index in [0.717, 1.165) is 15.2 Å². The zero-order chi connectivity index (χ0) is 20.9. The second-order valence-electron chi connectivity index (χ2n) is 7.25. The minimum absolute atomic E-state index is 0.166. The highest BCUT2D eigenvalue weighted by molar-refractivity contribution is 8.01. The van der Waals surface area contributed by atoms with Gasteiger partial charge in [0.25, 0.3) is 0 Å². The first kappa shape index (κ1) is 20.8. The minimum atomic E-state index is -0.320. The maximum Gasteiger partial charge on any atom is 0.235 e. The molecule has 0 saturated heterocycles. The topological polar surface area (TPSA) is 84.7 Å². The Balaban J connectivity index is 1.33. The molecule has 0 aliphatic heterocycles. The Morgan fingerprint density at radius 2 is 2.00 bits per heavy atom. The Hall–Kier alpha value is -2.46. The summed E-state index contributed by atoms with van der Waals surface area (Å²) in [6.07, 6.45) is 6.17. The van der Waals surface area contributed by atoms with Crippen molar-refractivity contribution in [3.8, 4) is 5.69 Å². The number of anilines is 2. The summed E-state index contributed by atoms with van der Waals surface area (Å²) in [5, 5.41) is 19.9. The van der Waals surface area contributed by atoms with Crippen molar-refractivity contribution in [2.45, 2.75) is 49.4 Å². The van der Waals surface area contributed by atoms with Crippen LogP contribution in [0.5, 0.6) is 0 Å². The first-order valence-electron chi connectivity index (χ1n) is 9.92. The first-order valence-corrected chi connectivity index (χ1v) is 11.7. The number of aryl methyl sites for hydroxylation is 1. The van der Waals surface area contributed by atoms with Crippen molar-refractivity contribution in [3.63, 3.8) is 0 Å². The number of nitrogens with zero attached hydrogens (tertiary/aromatic N) is 4. The van der Waals surface area contributed by atoms with Crippen LogP contribution >= 0.6 is 23.1 Å². The highest BCUT2D eigenvalue weighted by atomic mass is 32.2. The molecule has 0 spiro atoms. The minimum Gasteiger partial charge on any atom is -0.357 e. The molecular weight excluding hydrogens is 423 g/mol. The van der Waals surface area contributed by atoms with Crippen molar-refractivity contribution in [2.24, 2.45) is 0 Å². The molecule has 30 heavy (non-hydrogen) atoms. The standard InChI is InChI=1S/C20H23FN6OS2/c1-13-11-17(27(26-13)16-9-7-14(21)8-10-16)23-18(28)12-29-20-25-24-19(30-20)22-15-5-3-2-4-6-15/h7-11,15H,2-6,12H2,1H3,(H,22,24)(H,23,28). The molecule has 158 valence electrons. The normalized spacial score (nSPS) is 14.6. The molecule has 7 nitrogen and oxygen atoms in total.